The molecule has 0 aliphatic carbocycles. The molecule has 1 N–H and O–H groups in total. The number of hydrogen-bond acceptors (Lipinski definition) is 4. The molecule has 22 heavy (non-hydrogen) atoms. The zero-order valence-corrected chi connectivity index (χ0v) is 12.8. The molecular formula is C15H10F2N2OS2. The molecule has 7 heteroatoms. The number of rotatable bonds is 4. The second-order valence-electron chi connectivity index (χ2n) is 4.52. The number of aromatic nitrogens is 1. The van der Waals surface area contributed by atoms with Gasteiger partial charge in [-0.25, -0.2) is 13.8 Å². The van der Waals surface area contributed by atoms with Crippen LogP contribution < -0.4 is 5.32 Å². The first-order valence-corrected chi connectivity index (χ1v) is 8.10. The highest BCUT2D eigenvalue weighted by Gasteiger charge is 2.10. The van der Waals surface area contributed by atoms with Crippen LogP contribution in [0.15, 0.2) is 41.2 Å². The van der Waals surface area contributed by atoms with E-state index in [0.717, 1.165) is 10.9 Å². The molecule has 0 fully saturated rings. The van der Waals surface area contributed by atoms with E-state index in [0.29, 0.717) is 22.7 Å². The average molecular weight is 336 g/mol. The quantitative estimate of drug-likeness (QED) is 0.771. The summed E-state index contributed by atoms with van der Waals surface area (Å²) < 4.78 is 26.1. The van der Waals surface area contributed by atoms with Crippen LogP contribution in [0.3, 0.4) is 0 Å². The maximum absolute atomic E-state index is 13.2. The van der Waals surface area contributed by atoms with Crippen molar-refractivity contribution >= 4 is 33.7 Å². The predicted molar refractivity (Wildman–Crippen MR) is 83.6 cm³/mol. The fourth-order valence-electron chi connectivity index (χ4n) is 1.86. The van der Waals surface area contributed by atoms with Gasteiger partial charge in [-0.2, -0.15) is 11.3 Å². The lowest BCUT2D eigenvalue weighted by atomic mass is 10.1. The third kappa shape index (κ3) is 3.37. The van der Waals surface area contributed by atoms with E-state index >= 15 is 0 Å². The number of benzene rings is 1. The molecule has 0 aliphatic heterocycles. The lowest BCUT2D eigenvalue weighted by molar-refractivity contribution is 0.102. The highest BCUT2D eigenvalue weighted by atomic mass is 32.1. The number of carbonyl (C=O) groups is 1. The van der Waals surface area contributed by atoms with E-state index in [1.807, 2.05) is 5.38 Å². The highest BCUT2D eigenvalue weighted by molar-refractivity contribution is 7.15. The third-order valence-corrected chi connectivity index (χ3v) is 4.52. The largest absolute Gasteiger partial charge is 0.298 e. The van der Waals surface area contributed by atoms with Crippen molar-refractivity contribution < 1.29 is 13.6 Å². The highest BCUT2D eigenvalue weighted by Crippen LogP contribution is 2.22. The van der Waals surface area contributed by atoms with Gasteiger partial charge in [0.1, 0.15) is 0 Å². The number of nitrogens with zero attached hydrogens (tertiary/aromatic N) is 1. The number of anilines is 1. The Kier molecular flexibility index (Phi) is 4.26. The normalized spacial score (nSPS) is 10.6. The summed E-state index contributed by atoms with van der Waals surface area (Å²) in [5.74, 6) is -1.94. The van der Waals surface area contributed by atoms with Gasteiger partial charge >= 0.3 is 0 Å². The van der Waals surface area contributed by atoms with Crippen molar-refractivity contribution in [2.75, 3.05) is 5.32 Å². The summed E-state index contributed by atoms with van der Waals surface area (Å²) in [6.45, 7) is 0. The molecular weight excluding hydrogens is 326 g/mol. The van der Waals surface area contributed by atoms with Gasteiger partial charge in [0.15, 0.2) is 16.8 Å². The van der Waals surface area contributed by atoms with Crippen LogP contribution in [0, 0.1) is 11.6 Å². The van der Waals surface area contributed by atoms with E-state index in [9.17, 15) is 13.6 Å². The zero-order valence-electron chi connectivity index (χ0n) is 11.2. The Morgan fingerprint density at radius 1 is 1.23 bits per heavy atom. The van der Waals surface area contributed by atoms with Crippen LogP contribution in [0.4, 0.5) is 13.9 Å². The van der Waals surface area contributed by atoms with E-state index in [2.05, 4.69) is 10.3 Å². The Hall–Kier alpha value is -2.12. The van der Waals surface area contributed by atoms with Crippen LogP contribution in [0.25, 0.3) is 0 Å². The zero-order chi connectivity index (χ0) is 15.5. The van der Waals surface area contributed by atoms with Gasteiger partial charge in [0, 0.05) is 22.9 Å². The van der Waals surface area contributed by atoms with Crippen LogP contribution in [-0.2, 0) is 6.42 Å². The maximum atomic E-state index is 13.2. The molecule has 112 valence electrons. The Balaban J connectivity index is 1.68. The molecule has 3 nitrogen and oxygen atoms in total. The van der Waals surface area contributed by atoms with Gasteiger partial charge in [0.05, 0.1) is 5.56 Å². The summed E-state index contributed by atoms with van der Waals surface area (Å²) in [7, 11) is 0. The summed E-state index contributed by atoms with van der Waals surface area (Å²) in [4.78, 5) is 16.9. The van der Waals surface area contributed by atoms with Crippen LogP contribution >= 0.6 is 22.7 Å². The molecule has 2 aromatic heterocycles. The summed E-state index contributed by atoms with van der Waals surface area (Å²) in [5.41, 5.74) is 1.24. The van der Waals surface area contributed by atoms with Crippen molar-refractivity contribution in [2.45, 2.75) is 6.42 Å². The van der Waals surface area contributed by atoms with Gasteiger partial charge in [-0.1, -0.05) is 6.07 Å². The number of carbonyl (C=O) groups excluding carboxylic acids is 1. The molecule has 0 unspecified atom stereocenters. The summed E-state index contributed by atoms with van der Waals surface area (Å²) >= 11 is 2.75. The minimum atomic E-state index is -0.868. The van der Waals surface area contributed by atoms with Gasteiger partial charge in [-0.15, -0.1) is 11.3 Å². The molecule has 1 amide bonds. The van der Waals surface area contributed by atoms with E-state index in [4.69, 9.17) is 0 Å². The van der Waals surface area contributed by atoms with Crippen molar-refractivity contribution in [2.24, 2.45) is 0 Å². The molecule has 2 heterocycles. The smallest absolute Gasteiger partial charge is 0.258 e. The summed E-state index contributed by atoms with van der Waals surface area (Å²) in [5, 5.41) is 6.77. The van der Waals surface area contributed by atoms with Gasteiger partial charge in [-0.05, 0) is 29.1 Å². The Morgan fingerprint density at radius 2 is 2.09 bits per heavy atom. The second-order valence-corrected chi connectivity index (χ2v) is 6.42. The van der Waals surface area contributed by atoms with E-state index < -0.39 is 11.6 Å². The van der Waals surface area contributed by atoms with E-state index in [1.54, 1.807) is 17.6 Å². The molecule has 0 saturated heterocycles. The number of amides is 1. The second kappa shape index (κ2) is 6.33. The summed E-state index contributed by atoms with van der Waals surface area (Å²) in [6, 6.07) is 5.53. The number of halogens is 2. The standard InChI is InChI=1S/C15H10F2N2OS2/c16-12-2-1-9(6-13(12)17)5-11-7-18-15(22-11)19-14(20)10-3-4-21-8-10/h1-4,6-8H,5H2,(H,18,19,20). The molecule has 0 spiro atoms. The molecule has 0 radical (unpaired) electrons. The van der Waals surface area contributed by atoms with Crippen LogP contribution in [0.2, 0.25) is 0 Å². The molecule has 0 saturated carbocycles. The Bertz CT molecular complexity index is 800. The Morgan fingerprint density at radius 3 is 2.82 bits per heavy atom. The first-order valence-electron chi connectivity index (χ1n) is 6.34. The van der Waals surface area contributed by atoms with E-state index in [-0.39, 0.29) is 5.91 Å². The first kappa shape index (κ1) is 14.8. The topological polar surface area (TPSA) is 42.0 Å². The van der Waals surface area contributed by atoms with Crippen LogP contribution in [0.5, 0.6) is 0 Å². The minimum absolute atomic E-state index is 0.213. The van der Waals surface area contributed by atoms with Crippen molar-refractivity contribution in [3.8, 4) is 0 Å². The average Bonchev–Trinajstić information content (AvgIpc) is 3.15. The van der Waals surface area contributed by atoms with Crippen molar-refractivity contribution in [3.63, 3.8) is 0 Å². The molecule has 0 atom stereocenters. The van der Waals surface area contributed by atoms with Gasteiger partial charge in [0.2, 0.25) is 0 Å². The van der Waals surface area contributed by atoms with Crippen molar-refractivity contribution in [1.82, 2.24) is 4.98 Å². The van der Waals surface area contributed by atoms with Crippen molar-refractivity contribution in [1.29, 1.82) is 0 Å². The number of thiazole rings is 1. The number of thiophene rings is 1. The molecule has 3 aromatic rings. The summed E-state index contributed by atoms with van der Waals surface area (Å²) in [6.07, 6.45) is 2.05. The SMILES string of the molecule is O=C(Nc1ncc(Cc2ccc(F)c(F)c2)s1)c1ccsc1. The lowest BCUT2D eigenvalue weighted by Gasteiger charge is -2.00. The number of nitrogens with one attached hydrogen (secondary N) is 1. The maximum Gasteiger partial charge on any atom is 0.258 e. The molecule has 1 aromatic carbocycles. The third-order valence-electron chi connectivity index (χ3n) is 2.92. The number of hydrogen-bond donors (Lipinski definition) is 1. The van der Waals surface area contributed by atoms with Gasteiger partial charge in [0.25, 0.3) is 5.91 Å². The molecule has 0 bridgehead atoms. The fraction of sp³-hybridized carbons (Fsp3) is 0.0667. The minimum Gasteiger partial charge on any atom is -0.298 e. The van der Waals surface area contributed by atoms with E-state index in [1.165, 1.54) is 34.8 Å². The van der Waals surface area contributed by atoms with Crippen molar-refractivity contribution in [3.05, 3.63) is 68.9 Å². The molecule has 0 aliphatic rings. The Labute approximate surface area is 133 Å². The lowest BCUT2D eigenvalue weighted by Crippen LogP contribution is -2.10. The van der Waals surface area contributed by atoms with Crippen LogP contribution in [-0.4, -0.2) is 10.9 Å². The van der Waals surface area contributed by atoms with Crippen LogP contribution in [0.1, 0.15) is 20.8 Å². The monoisotopic (exact) mass is 336 g/mol. The van der Waals surface area contributed by atoms with Gasteiger partial charge < -0.3 is 0 Å². The molecule has 3 rings (SSSR count). The first-order chi connectivity index (χ1) is 10.6. The van der Waals surface area contributed by atoms with Gasteiger partial charge in [-0.3, -0.25) is 10.1 Å². The fourth-order valence-corrected chi connectivity index (χ4v) is 3.34. The predicted octanol–water partition coefficient (Wildman–Crippen LogP) is 4.33.